The molecule has 0 saturated carbocycles. The standard InChI is InChI=1S/C16H27N3O10/c1-5(22)17-9-11(25)10(24)7(3-20)27-14(9)29-12-8(4-21)28-15-16(19-15,13(12)26)18-6(2)23/h7-15,19-21,24-26H,3-4H2,1-2H3,(H,17,22)(H,18,23)/t7-,8-,9-,10-,11-,12-,13+,14+,15+,16+/m1/s1. The summed E-state index contributed by atoms with van der Waals surface area (Å²) in [6, 6.07) is -1.24. The average Bonchev–Trinajstić information content (AvgIpc) is 3.35. The zero-order valence-corrected chi connectivity index (χ0v) is 15.9. The minimum Gasteiger partial charge on any atom is -0.394 e. The molecule has 0 aromatic carbocycles. The van der Waals surface area contributed by atoms with Crippen molar-refractivity contribution in [3.8, 4) is 0 Å². The van der Waals surface area contributed by atoms with Gasteiger partial charge in [0.1, 0.15) is 48.9 Å². The fraction of sp³-hybridized carbons (Fsp3) is 0.875. The van der Waals surface area contributed by atoms with Crippen LogP contribution in [-0.2, 0) is 23.8 Å². The van der Waals surface area contributed by atoms with Gasteiger partial charge in [0.15, 0.2) is 12.0 Å². The highest BCUT2D eigenvalue weighted by Crippen LogP contribution is 2.39. The van der Waals surface area contributed by atoms with Gasteiger partial charge in [-0.15, -0.1) is 0 Å². The minimum atomic E-state index is -1.54. The van der Waals surface area contributed by atoms with Gasteiger partial charge in [0, 0.05) is 13.8 Å². The van der Waals surface area contributed by atoms with E-state index in [0.29, 0.717) is 0 Å². The second-order valence-electron chi connectivity index (χ2n) is 7.41. The molecule has 2 amide bonds. The number of aliphatic hydroxyl groups excluding tert-OH is 5. The number of rotatable bonds is 6. The van der Waals surface area contributed by atoms with E-state index >= 15 is 0 Å². The molecule has 29 heavy (non-hydrogen) atoms. The smallest absolute Gasteiger partial charge is 0.218 e. The molecule has 13 heteroatoms. The molecular weight excluding hydrogens is 394 g/mol. The van der Waals surface area contributed by atoms with Crippen LogP contribution in [0.15, 0.2) is 0 Å². The molecule has 3 rings (SSSR count). The van der Waals surface area contributed by atoms with Crippen molar-refractivity contribution in [3.63, 3.8) is 0 Å². The highest BCUT2D eigenvalue weighted by molar-refractivity contribution is 5.74. The molecule has 3 aliphatic rings. The zero-order valence-electron chi connectivity index (χ0n) is 15.9. The Morgan fingerprint density at radius 3 is 2.24 bits per heavy atom. The van der Waals surface area contributed by atoms with Crippen LogP contribution in [0.5, 0.6) is 0 Å². The lowest BCUT2D eigenvalue weighted by Gasteiger charge is -2.45. The van der Waals surface area contributed by atoms with Crippen molar-refractivity contribution in [1.82, 2.24) is 16.0 Å². The van der Waals surface area contributed by atoms with Gasteiger partial charge < -0.3 is 50.4 Å². The van der Waals surface area contributed by atoms with Crippen molar-refractivity contribution >= 4 is 11.8 Å². The SMILES string of the molecule is CC(=O)N[C@H]1[C@H](O[C@@H]2[C@@H](CO)O[C@@H]3N[C@@]3(NC(C)=O)[C@H]2O)O[C@H](CO)[C@@H](O)[C@@H]1O. The Labute approximate surface area is 165 Å². The van der Waals surface area contributed by atoms with Crippen LogP contribution in [0.25, 0.3) is 0 Å². The molecule has 3 heterocycles. The third kappa shape index (κ3) is 4.10. The van der Waals surface area contributed by atoms with Crippen LogP contribution >= 0.6 is 0 Å². The van der Waals surface area contributed by atoms with Gasteiger partial charge in [-0.05, 0) is 0 Å². The van der Waals surface area contributed by atoms with E-state index in [1.54, 1.807) is 0 Å². The summed E-state index contributed by atoms with van der Waals surface area (Å²) in [5.41, 5.74) is -1.32. The summed E-state index contributed by atoms with van der Waals surface area (Å²) in [5, 5.41) is 58.0. The topological polar surface area (TPSA) is 209 Å². The van der Waals surface area contributed by atoms with E-state index < -0.39 is 85.9 Å². The van der Waals surface area contributed by atoms with Gasteiger partial charge in [-0.25, -0.2) is 0 Å². The van der Waals surface area contributed by atoms with E-state index in [1.807, 2.05) is 0 Å². The van der Waals surface area contributed by atoms with Crippen molar-refractivity contribution < 1.29 is 49.3 Å². The summed E-state index contributed by atoms with van der Waals surface area (Å²) in [5.74, 6) is -0.980. The van der Waals surface area contributed by atoms with Gasteiger partial charge in [0.25, 0.3) is 0 Å². The number of nitrogens with one attached hydrogen (secondary N) is 3. The molecular formula is C16H27N3O10. The first kappa shape index (κ1) is 22.3. The predicted molar refractivity (Wildman–Crippen MR) is 91.7 cm³/mol. The Kier molecular flexibility index (Phi) is 6.43. The number of hydrogen-bond acceptors (Lipinski definition) is 11. The number of ether oxygens (including phenoxy) is 3. The lowest BCUT2D eigenvalue weighted by atomic mass is 9.95. The summed E-state index contributed by atoms with van der Waals surface area (Å²) < 4.78 is 16.8. The van der Waals surface area contributed by atoms with E-state index in [1.165, 1.54) is 13.8 Å². The lowest BCUT2D eigenvalue weighted by Crippen LogP contribution is -2.68. The number of aliphatic hydroxyl groups is 5. The lowest BCUT2D eigenvalue weighted by molar-refractivity contribution is -0.309. The van der Waals surface area contributed by atoms with Crippen LogP contribution in [0.4, 0.5) is 0 Å². The molecule has 3 aliphatic heterocycles. The van der Waals surface area contributed by atoms with Crippen LogP contribution < -0.4 is 16.0 Å². The molecule has 0 aromatic heterocycles. The zero-order chi connectivity index (χ0) is 21.5. The fourth-order valence-electron chi connectivity index (χ4n) is 3.79. The number of amides is 2. The summed E-state index contributed by atoms with van der Waals surface area (Å²) in [6.45, 7) is 1.26. The highest BCUT2D eigenvalue weighted by atomic mass is 16.7. The van der Waals surface area contributed by atoms with Crippen LogP contribution in [0.3, 0.4) is 0 Å². The van der Waals surface area contributed by atoms with Gasteiger partial charge >= 0.3 is 0 Å². The third-order valence-electron chi connectivity index (χ3n) is 5.26. The normalized spacial score (nSPS) is 46.5. The minimum absolute atomic E-state index is 0.437. The van der Waals surface area contributed by atoms with Crippen molar-refractivity contribution in [2.24, 2.45) is 0 Å². The summed E-state index contributed by atoms with van der Waals surface area (Å²) in [6.07, 6.45) is -10.1. The summed E-state index contributed by atoms with van der Waals surface area (Å²) >= 11 is 0. The number of hydrogen-bond donors (Lipinski definition) is 8. The first-order chi connectivity index (χ1) is 13.6. The summed E-state index contributed by atoms with van der Waals surface area (Å²) in [7, 11) is 0. The Morgan fingerprint density at radius 1 is 1.03 bits per heavy atom. The maximum absolute atomic E-state index is 11.5. The van der Waals surface area contributed by atoms with Gasteiger partial charge in [-0.2, -0.15) is 0 Å². The van der Waals surface area contributed by atoms with E-state index in [0.717, 1.165) is 0 Å². The van der Waals surface area contributed by atoms with Crippen molar-refractivity contribution in [3.05, 3.63) is 0 Å². The Balaban J connectivity index is 1.83. The van der Waals surface area contributed by atoms with Crippen molar-refractivity contribution in [1.29, 1.82) is 0 Å². The molecule has 0 aromatic rings. The molecule has 10 atom stereocenters. The fourth-order valence-corrected chi connectivity index (χ4v) is 3.79. The van der Waals surface area contributed by atoms with Crippen molar-refractivity contribution in [2.45, 2.75) is 74.7 Å². The number of carbonyl (C=O) groups excluding carboxylic acids is 2. The highest BCUT2D eigenvalue weighted by Gasteiger charge is 2.68. The van der Waals surface area contributed by atoms with Gasteiger partial charge in [-0.3, -0.25) is 14.9 Å². The molecule has 0 radical (unpaired) electrons. The van der Waals surface area contributed by atoms with Gasteiger partial charge in [0.05, 0.1) is 13.2 Å². The van der Waals surface area contributed by atoms with Crippen LogP contribution in [0.1, 0.15) is 13.8 Å². The van der Waals surface area contributed by atoms with Crippen LogP contribution in [0, 0.1) is 0 Å². The largest absolute Gasteiger partial charge is 0.394 e. The maximum Gasteiger partial charge on any atom is 0.218 e. The molecule has 3 saturated heterocycles. The second-order valence-corrected chi connectivity index (χ2v) is 7.41. The first-order valence-electron chi connectivity index (χ1n) is 9.20. The van der Waals surface area contributed by atoms with E-state index in [9.17, 15) is 35.1 Å². The molecule has 0 spiro atoms. The number of carbonyl (C=O) groups is 2. The monoisotopic (exact) mass is 421 g/mol. The first-order valence-corrected chi connectivity index (χ1v) is 9.20. The van der Waals surface area contributed by atoms with Crippen molar-refractivity contribution in [2.75, 3.05) is 13.2 Å². The van der Waals surface area contributed by atoms with Crippen LogP contribution in [-0.4, -0.2) is 111 Å². The third-order valence-corrected chi connectivity index (χ3v) is 5.26. The molecule has 8 N–H and O–H groups in total. The molecule has 0 aliphatic carbocycles. The Morgan fingerprint density at radius 2 is 1.69 bits per heavy atom. The molecule has 13 nitrogen and oxygen atoms in total. The van der Waals surface area contributed by atoms with E-state index in [2.05, 4.69) is 16.0 Å². The van der Waals surface area contributed by atoms with E-state index in [4.69, 9.17) is 14.2 Å². The Hall–Kier alpha value is -1.42. The second kappa shape index (κ2) is 8.37. The molecule has 3 fully saturated rings. The maximum atomic E-state index is 11.5. The van der Waals surface area contributed by atoms with Gasteiger partial charge in [-0.1, -0.05) is 0 Å². The predicted octanol–water partition coefficient (Wildman–Crippen LogP) is -5.17. The summed E-state index contributed by atoms with van der Waals surface area (Å²) in [4.78, 5) is 23.0. The molecule has 0 unspecified atom stereocenters. The number of fused-ring (bicyclic) bond motifs is 1. The van der Waals surface area contributed by atoms with Gasteiger partial charge in [0.2, 0.25) is 11.8 Å². The Bertz CT molecular complexity index is 638. The van der Waals surface area contributed by atoms with E-state index in [-0.39, 0.29) is 0 Å². The molecule has 166 valence electrons. The average molecular weight is 421 g/mol. The quantitative estimate of drug-likeness (QED) is 0.190. The molecule has 0 bridgehead atoms. The van der Waals surface area contributed by atoms with Crippen LogP contribution in [0.2, 0.25) is 0 Å².